The second kappa shape index (κ2) is 5.21. The van der Waals surface area contributed by atoms with Crippen LogP contribution in [0.4, 0.5) is 0 Å². The van der Waals surface area contributed by atoms with Crippen LogP contribution in [0, 0.1) is 0 Å². The number of rotatable bonds is 3. The van der Waals surface area contributed by atoms with E-state index in [4.69, 9.17) is 0 Å². The molecule has 0 amide bonds. The maximum atomic E-state index is 12.5. The molecule has 20 heavy (non-hydrogen) atoms. The first-order valence-electron chi connectivity index (χ1n) is 6.35. The molecule has 4 heteroatoms. The van der Waals surface area contributed by atoms with Crippen molar-refractivity contribution < 1.29 is 4.79 Å². The van der Waals surface area contributed by atoms with E-state index in [1.807, 2.05) is 55.6 Å². The van der Waals surface area contributed by atoms with Crippen molar-refractivity contribution in [2.75, 3.05) is 0 Å². The molecule has 0 atom stereocenters. The topological polar surface area (TPSA) is 34.9 Å². The zero-order valence-corrected chi connectivity index (χ0v) is 12.6. The van der Waals surface area contributed by atoms with Crippen LogP contribution in [0.15, 0.2) is 53.0 Å². The van der Waals surface area contributed by atoms with Gasteiger partial charge in [-0.25, -0.2) is 0 Å². The maximum Gasteiger partial charge on any atom is 0.188 e. The van der Waals surface area contributed by atoms with Gasteiger partial charge >= 0.3 is 0 Å². The van der Waals surface area contributed by atoms with E-state index < -0.39 is 0 Å². The van der Waals surface area contributed by atoms with Crippen molar-refractivity contribution >= 4 is 32.6 Å². The van der Waals surface area contributed by atoms with Crippen LogP contribution in [-0.4, -0.2) is 15.6 Å². The summed E-state index contributed by atoms with van der Waals surface area (Å²) in [5.74, 6) is 0.0358. The molecular weight excluding hydrogens is 316 g/mol. The van der Waals surface area contributed by atoms with Crippen molar-refractivity contribution in [3.8, 4) is 0 Å². The maximum absolute atomic E-state index is 12.5. The summed E-state index contributed by atoms with van der Waals surface area (Å²) in [4.78, 5) is 12.5. The Morgan fingerprint density at radius 1 is 1.15 bits per heavy atom. The molecule has 1 heterocycles. The van der Waals surface area contributed by atoms with Gasteiger partial charge in [0, 0.05) is 23.3 Å². The number of carbonyl (C=O) groups is 1. The Morgan fingerprint density at radius 2 is 1.85 bits per heavy atom. The molecule has 3 nitrogen and oxygen atoms in total. The van der Waals surface area contributed by atoms with E-state index in [1.54, 1.807) is 4.68 Å². The summed E-state index contributed by atoms with van der Waals surface area (Å²) in [7, 11) is 1.86. The predicted molar refractivity (Wildman–Crippen MR) is 82.9 cm³/mol. The molecule has 0 saturated heterocycles. The number of aryl methyl sites for hydroxylation is 1. The van der Waals surface area contributed by atoms with Gasteiger partial charge in [-0.1, -0.05) is 52.3 Å². The Kier molecular flexibility index (Phi) is 3.40. The molecule has 0 aliphatic rings. The lowest BCUT2D eigenvalue weighted by Gasteiger charge is -2.02. The van der Waals surface area contributed by atoms with Crippen molar-refractivity contribution in [1.29, 1.82) is 0 Å². The Hall–Kier alpha value is -1.94. The van der Waals surface area contributed by atoms with E-state index in [0.29, 0.717) is 12.1 Å². The molecule has 100 valence electrons. The summed E-state index contributed by atoms with van der Waals surface area (Å²) in [6.07, 6.45) is 0.350. The summed E-state index contributed by atoms with van der Waals surface area (Å²) in [5.41, 5.74) is 2.49. The minimum Gasteiger partial charge on any atom is -0.292 e. The molecule has 3 aromatic rings. The van der Waals surface area contributed by atoms with Crippen molar-refractivity contribution in [3.05, 3.63) is 64.3 Å². The summed E-state index contributed by atoms with van der Waals surface area (Å²) >= 11 is 3.47. The largest absolute Gasteiger partial charge is 0.292 e. The standard InChI is InChI=1S/C16H13BrN2O/c1-19-14-9-5-3-7-12(14)16(18-19)15(20)10-11-6-2-4-8-13(11)17/h2-9H,10H2,1H3. The average molecular weight is 329 g/mol. The van der Waals surface area contributed by atoms with Gasteiger partial charge in [-0.3, -0.25) is 9.48 Å². The Labute approximate surface area is 125 Å². The molecule has 0 N–H and O–H groups in total. The highest BCUT2D eigenvalue weighted by Crippen LogP contribution is 2.22. The summed E-state index contributed by atoms with van der Waals surface area (Å²) < 4.78 is 2.70. The van der Waals surface area contributed by atoms with Gasteiger partial charge in [0.05, 0.1) is 5.52 Å². The normalized spacial score (nSPS) is 10.9. The number of halogens is 1. The molecule has 2 aromatic carbocycles. The van der Waals surface area contributed by atoms with Crippen LogP contribution >= 0.6 is 15.9 Å². The van der Waals surface area contributed by atoms with E-state index in [9.17, 15) is 4.79 Å². The minimum absolute atomic E-state index is 0.0358. The molecule has 3 rings (SSSR count). The molecule has 0 aliphatic heterocycles. The van der Waals surface area contributed by atoms with Gasteiger partial charge in [-0.05, 0) is 17.7 Å². The Bertz CT molecular complexity index is 792. The van der Waals surface area contributed by atoms with E-state index in [0.717, 1.165) is 20.9 Å². The second-order valence-corrected chi connectivity index (χ2v) is 5.54. The fourth-order valence-corrected chi connectivity index (χ4v) is 2.74. The van der Waals surface area contributed by atoms with Gasteiger partial charge in [0.1, 0.15) is 5.69 Å². The fourth-order valence-electron chi connectivity index (χ4n) is 2.32. The van der Waals surface area contributed by atoms with Crippen LogP contribution in [0.3, 0.4) is 0 Å². The average Bonchev–Trinajstić information content (AvgIpc) is 2.79. The zero-order chi connectivity index (χ0) is 14.1. The zero-order valence-electron chi connectivity index (χ0n) is 11.0. The molecule has 0 spiro atoms. The van der Waals surface area contributed by atoms with Crippen molar-refractivity contribution in [2.24, 2.45) is 7.05 Å². The number of aromatic nitrogens is 2. The second-order valence-electron chi connectivity index (χ2n) is 4.68. The van der Waals surface area contributed by atoms with Crippen molar-refractivity contribution in [3.63, 3.8) is 0 Å². The highest BCUT2D eigenvalue weighted by Gasteiger charge is 2.16. The third-order valence-electron chi connectivity index (χ3n) is 3.33. The van der Waals surface area contributed by atoms with Crippen molar-refractivity contribution in [2.45, 2.75) is 6.42 Å². The predicted octanol–water partition coefficient (Wildman–Crippen LogP) is 3.76. The van der Waals surface area contributed by atoms with E-state index in [2.05, 4.69) is 21.0 Å². The smallest absolute Gasteiger partial charge is 0.188 e. The summed E-state index contributed by atoms with van der Waals surface area (Å²) in [6, 6.07) is 15.6. The highest BCUT2D eigenvalue weighted by molar-refractivity contribution is 9.10. The molecule has 0 radical (unpaired) electrons. The minimum atomic E-state index is 0.0358. The lowest BCUT2D eigenvalue weighted by atomic mass is 10.0. The molecule has 0 aliphatic carbocycles. The van der Waals surface area contributed by atoms with E-state index in [-0.39, 0.29) is 5.78 Å². The number of Topliss-reactive ketones (excluding diaryl/α,β-unsaturated/α-hetero) is 1. The van der Waals surface area contributed by atoms with Crippen LogP contribution < -0.4 is 0 Å². The number of hydrogen-bond acceptors (Lipinski definition) is 2. The highest BCUT2D eigenvalue weighted by atomic mass is 79.9. The first-order valence-corrected chi connectivity index (χ1v) is 7.14. The molecule has 0 saturated carbocycles. The number of hydrogen-bond donors (Lipinski definition) is 0. The van der Waals surface area contributed by atoms with Crippen LogP contribution in [0.2, 0.25) is 0 Å². The van der Waals surface area contributed by atoms with Gasteiger partial charge in [0.15, 0.2) is 5.78 Å². The number of carbonyl (C=O) groups excluding carboxylic acids is 1. The Balaban J connectivity index is 2.00. The van der Waals surface area contributed by atoms with E-state index >= 15 is 0 Å². The third kappa shape index (κ3) is 2.27. The first-order chi connectivity index (χ1) is 9.66. The van der Waals surface area contributed by atoms with Crippen LogP contribution in [0.1, 0.15) is 16.1 Å². The summed E-state index contributed by atoms with van der Waals surface area (Å²) in [5, 5.41) is 5.28. The van der Waals surface area contributed by atoms with Gasteiger partial charge in [0.25, 0.3) is 0 Å². The van der Waals surface area contributed by atoms with Crippen LogP contribution in [-0.2, 0) is 13.5 Å². The number of nitrogens with zero attached hydrogens (tertiary/aromatic N) is 2. The fraction of sp³-hybridized carbons (Fsp3) is 0.125. The molecule has 0 fully saturated rings. The molecule has 0 unspecified atom stereocenters. The van der Waals surface area contributed by atoms with Crippen LogP contribution in [0.5, 0.6) is 0 Å². The number of para-hydroxylation sites is 1. The quantitative estimate of drug-likeness (QED) is 0.686. The number of ketones is 1. The third-order valence-corrected chi connectivity index (χ3v) is 4.10. The molecule has 0 bridgehead atoms. The van der Waals surface area contributed by atoms with Gasteiger partial charge in [0.2, 0.25) is 0 Å². The SMILES string of the molecule is Cn1nc(C(=O)Cc2ccccc2Br)c2ccccc21. The van der Waals surface area contributed by atoms with Gasteiger partial charge in [-0.2, -0.15) is 5.10 Å². The molecular formula is C16H13BrN2O. The Morgan fingerprint density at radius 3 is 2.65 bits per heavy atom. The number of benzene rings is 2. The lowest BCUT2D eigenvalue weighted by Crippen LogP contribution is -2.06. The van der Waals surface area contributed by atoms with E-state index in [1.165, 1.54) is 0 Å². The van der Waals surface area contributed by atoms with Gasteiger partial charge in [-0.15, -0.1) is 0 Å². The summed E-state index contributed by atoms with van der Waals surface area (Å²) in [6.45, 7) is 0. The van der Waals surface area contributed by atoms with Crippen LogP contribution in [0.25, 0.3) is 10.9 Å². The van der Waals surface area contributed by atoms with Gasteiger partial charge < -0.3 is 0 Å². The first kappa shape index (κ1) is 13.1. The monoisotopic (exact) mass is 328 g/mol. The lowest BCUT2D eigenvalue weighted by molar-refractivity contribution is 0.0989. The number of fused-ring (bicyclic) bond motifs is 1. The molecule has 1 aromatic heterocycles. The van der Waals surface area contributed by atoms with Crippen molar-refractivity contribution in [1.82, 2.24) is 9.78 Å².